The average molecular weight is 513 g/mol. The molecular formula is C28H36N2O5S. The molecule has 3 saturated carbocycles. The lowest BCUT2D eigenvalue weighted by Gasteiger charge is -2.62. The van der Waals surface area contributed by atoms with Gasteiger partial charge in [-0.3, -0.25) is 9.59 Å². The molecule has 2 bridgehead atoms. The summed E-state index contributed by atoms with van der Waals surface area (Å²) >= 11 is 0. The fourth-order valence-electron chi connectivity index (χ4n) is 5.98. The quantitative estimate of drug-likeness (QED) is 0.344. The Morgan fingerprint density at radius 1 is 1.14 bits per heavy atom. The molecule has 3 aliphatic rings. The first-order chi connectivity index (χ1) is 17.0. The van der Waals surface area contributed by atoms with Crippen molar-refractivity contribution in [1.82, 2.24) is 9.29 Å². The van der Waals surface area contributed by atoms with Crippen molar-refractivity contribution in [2.24, 2.45) is 23.2 Å². The minimum Gasteiger partial charge on any atom is -0.481 e. The number of aryl methyl sites for hydroxylation is 1. The van der Waals surface area contributed by atoms with Gasteiger partial charge in [0, 0.05) is 29.9 Å². The first kappa shape index (κ1) is 26.2. The molecular weight excluding hydrogens is 476 g/mol. The van der Waals surface area contributed by atoms with E-state index in [1.54, 1.807) is 31.2 Å². The van der Waals surface area contributed by atoms with Gasteiger partial charge in [0.1, 0.15) is 0 Å². The van der Waals surface area contributed by atoms with Crippen LogP contribution in [0.4, 0.5) is 0 Å². The molecule has 0 aliphatic heterocycles. The van der Waals surface area contributed by atoms with Gasteiger partial charge in [0.25, 0.3) is 15.9 Å². The van der Waals surface area contributed by atoms with E-state index < -0.39 is 16.0 Å². The van der Waals surface area contributed by atoms with Crippen molar-refractivity contribution in [3.8, 4) is 0 Å². The smallest absolute Gasteiger partial charge is 0.303 e. The highest BCUT2D eigenvalue weighted by atomic mass is 32.2. The number of carbonyl (C=O) groups excluding carboxylic acids is 1. The number of fused-ring (bicyclic) bond motifs is 2. The molecule has 1 aromatic heterocycles. The van der Waals surface area contributed by atoms with Crippen LogP contribution in [0.25, 0.3) is 0 Å². The van der Waals surface area contributed by atoms with Crippen LogP contribution in [-0.2, 0) is 14.8 Å². The van der Waals surface area contributed by atoms with Gasteiger partial charge in [-0.2, -0.15) is 0 Å². The number of carboxylic acid groups (broad SMARTS) is 1. The molecule has 0 saturated heterocycles. The zero-order valence-corrected chi connectivity index (χ0v) is 22.0. The summed E-state index contributed by atoms with van der Waals surface area (Å²) in [4.78, 5) is 24.0. The number of hydrogen-bond donors (Lipinski definition) is 2. The van der Waals surface area contributed by atoms with Gasteiger partial charge >= 0.3 is 5.97 Å². The second-order valence-electron chi connectivity index (χ2n) is 10.8. The van der Waals surface area contributed by atoms with Crippen LogP contribution in [0, 0.1) is 30.1 Å². The number of carboxylic acids is 1. The third kappa shape index (κ3) is 5.14. The Morgan fingerprint density at radius 2 is 1.86 bits per heavy atom. The van der Waals surface area contributed by atoms with Crippen LogP contribution in [0.5, 0.6) is 0 Å². The van der Waals surface area contributed by atoms with Crippen molar-refractivity contribution in [2.45, 2.75) is 70.2 Å². The highest BCUT2D eigenvalue weighted by Crippen LogP contribution is 2.61. The van der Waals surface area contributed by atoms with E-state index in [9.17, 15) is 18.0 Å². The zero-order chi connectivity index (χ0) is 26.1. The van der Waals surface area contributed by atoms with Crippen molar-refractivity contribution in [2.75, 3.05) is 0 Å². The molecule has 8 heteroatoms. The minimum absolute atomic E-state index is 0.0482. The molecule has 2 aromatic rings. The number of carbonyl (C=O) groups is 2. The predicted octanol–water partition coefficient (Wildman–Crippen LogP) is 5.02. The van der Waals surface area contributed by atoms with E-state index in [0.717, 1.165) is 25.7 Å². The highest BCUT2D eigenvalue weighted by molar-refractivity contribution is 7.90. The third-order valence-electron chi connectivity index (χ3n) is 8.32. The molecule has 0 radical (unpaired) electrons. The lowest BCUT2D eigenvalue weighted by Crippen LogP contribution is -2.63. The van der Waals surface area contributed by atoms with Crippen LogP contribution in [0.1, 0.15) is 68.4 Å². The Labute approximate surface area is 213 Å². The number of aromatic nitrogens is 1. The number of aliphatic carboxylic acids is 1. The van der Waals surface area contributed by atoms with Gasteiger partial charge in [0.15, 0.2) is 0 Å². The van der Waals surface area contributed by atoms with E-state index in [0.29, 0.717) is 35.4 Å². The van der Waals surface area contributed by atoms with Gasteiger partial charge in [-0.1, -0.05) is 26.0 Å². The topological polar surface area (TPSA) is 105 Å². The summed E-state index contributed by atoms with van der Waals surface area (Å²) in [6, 6.07) is 9.61. The first-order valence-electron chi connectivity index (χ1n) is 12.7. The number of hydrogen-bond acceptors (Lipinski definition) is 4. The van der Waals surface area contributed by atoms with Gasteiger partial charge in [0.05, 0.1) is 4.90 Å². The lowest BCUT2D eigenvalue weighted by molar-refractivity contribution is -0.137. The van der Waals surface area contributed by atoms with Crippen molar-refractivity contribution < 1.29 is 23.1 Å². The molecule has 4 atom stereocenters. The number of nitrogens with one attached hydrogen (secondary N) is 1. The largest absolute Gasteiger partial charge is 0.481 e. The first-order valence-corrected chi connectivity index (χ1v) is 14.1. The van der Waals surface area contributed by atoms with Crippen LogP contribution >= 0.6 is 0 Å². The molecule has 7 nitrogen and oxygen atoms in total. The van der Waals surface area contributed by atoms with Crippen LogP contribution in [0.3, 0.4) is 0 Å². The molecule has 1 amide bonds. The molecule has 2 N–H and O–H groups in total. The summed E-state index contributed by atoms with van der Waals surface area (Å²) in [5.74, 6) is 0.436. The number of unbranched alkanes of at least 4 members (excludes halogenated alkanes) is 1. The summed E-state index contributed by atoms with van der Waals surface area (Å²) in [7, 11) is -3.70. The van der Waals surface area contributed by atoms with Gasteiger partial charge < -0.3 is 10.4 Å². The lowest BCUT2D eigenvalue weighted by atomic mass is 9.44. The van der Waals surface area contributed by atoms with Crippen molar-refractivity contribution in [3.05, 3.63) is 66.0 Å². The zero-order valence-electron chi connectivity index (χ0n) is 21.2. The van der Waals surface area contributed by atoms with E-state index in [4.69, 9.17) is 5.11 Å². The summed E-state index contributed by atoms with van der Waals surface area (Å²) in [6.07, 6.45) is 10.3. The maximum Gasteiger partial charge on any atom is 0.303 e. The molecule has 0 spiro atoms. The SMILES string of the molecule is Cc1cccn1S(=O)(=O)c1ccc(C(=O)N[C@@H]2[C@@H](C/C=C/CCCC(=O)O)C[C@@H]3C[C@H]2C3(C)C)cc1. The predicted molar refractivity (Wildman–Crippen MR) is 138 cm³/mol. The standard InChI is InChI=1S/C28H36N2O5S/c1-19-9-8-16-30(19)36(34,35)23-14-12-20(13-15-23)27(33)29-26-21(10-6-4-5-7-11-25(31)32)17-22-18-24(26)28(22,2)3/h4,6,8-9,12-16,21-22,24,26H,5,7,10-11,17-18H2,1-3H3,(H,29,33)(H,31,32)/b6-4+/t21-,22+,24+,26+/m0/s1. The van der Waals surface area contributed by atoms with Crippen molar-refractivity contribution >= 4 is 21.9 Å². The van der Waals surface area contributed by atoms with Crippen LogP contribution in [0.2, 0.25) is 0 Å². The van der Waals surface area contributed by atoms with Crippen LogP contribution in [0.15, 0.2) is 59.6 Å². The molecule has 0 unspecified atom stereocenters. The van der Waals surface area contributed by atoms with Gasteiger partial charge in [0.2, 0.25) is 0 Å². The number of amides is 1. The minimum atomic E-state index is -3.70. The molecule has 36 heavy (non-hydrogen) atoms. The highest BCUT2D eigenvalue weighted by Gasteiger charge is 2.57. The maximum absolute atomic E-state index is 13.2. The molecule has 194 valence electrons. The van der Waals surface area contributed by atoms with E-state index in [2.05, 4.69) is 31.3 Å². The fourth-order valence-corrected chi connectivity index (χ4v) is 7.35. The fraction of sp³-hybridized carbons (Fsp3) is 0.500. The molecule has 3 fully saturated rings. The molecule has 5 rings (SSSR count). The average Bonchev–Trinajstić information content (AvgIpc) is 3.28. The summed E-state index contributed by atoms with van der Waals surface area (Å²) < 4.78 is 27.0. The van der Waals surface area contributed by atoms with Gasteiger partial charge in [-0.05, 0) is 98.6 Å². The molecule has 1 aromatic carbocycles. The van der Waals surface area contributed by atoms with Crippen molar-refractivity contribution in [3.63, 3.8) is 0 Å². The van der Waals surface area contributed by atoms with E-state index >= 15 is 0 Å². The monoisotopic (exact) mass is 512 g/mol. The number of allylic oxidation sites excluding steroid dienone is 2. The summed E-state index contributed by atoms with van der Waals surface area (Å²) in [5, 5.41) is 12.1. The summed E-state index contributed by atoms with van der Waals surface area (Å²) in [6.45, 7) is 6.30. The van der Waals surface area contributed by atoms with Crippen molar-refractivity contribution in [1.29, 1.82) is 0 Å². The molecule has 1 heterocycles. The number of benzene rings is 1. The Bertz CT molecular complexity index is 1240. The van der Waals surface area contributed by atoms with E-state index in [-0.39, 0.29) is 28.7 Å². The Morgan fingerprint density at radius 3 is 2.47 bits per heavy atom. The van der Waals surface area contributed by atoms with Crippen LogP contribution in [-0.4, -0.2) is 35.4 Å². The Hall–Kier alpha value is -2.87. The second kappa shape index (κ2) is 10.2. The van der Waals surface area contributed by atoms with E-state index in [1.165, 1.54) is 22.3 Å². The number of rotatable bonds is 10. The Balaban J connectivity index is 1.43. The molecule has 3 aliphatic carbocycles. The number of nitrogens with zero attached hydrogens (tertiary/aromatic N) is 1. The Kier molecular flexibility index (Phi) is 7.46. The maximum atomic E-state index is 13.2. The second-order valence-corrected chi connectivity index (χ2v) is 12.6. The van der Waals surface area contributed by atoms with Gasteiger partial charge in [-0.15, -0.1) is 0 Å². The van der Waals surface area contributed by atoms with Gasteiger partial charge in [-0.25, -0.2) is 12.4 Å². The normalized spacial score (nSPS) is 24.9. The van der Waals surface area contributed by atoms with Crippen LogP contribution < -0.4 is 5.32 Å². The third-order valence-corrected chi connectivity index (χ3v) is 10.1. The summed E-state index contributed by atoms with van der Waals surface area (Å²) in [5.41, 5.74) is 1.25. The van der Waals surface area contributed by atoms with E-state index in [1.807, 2.05) is 0 Å².